The SMILES string of the molecule is CC(CC(N)=O)NCCCC(C)(C)C(N)=NO. The fraction of sp³-hybridized carbons (Fsp3) is 0.818. The molecule has 0 aromatic carbocycles. The van der Waals surface area contributed by atoms with Gasteiger partial charge in [-0.25, -0.2) is 0 Å². The van der Waals surface area contributed by atoms with E-state index < -0.39 is 0 Å². The number of oxime groups is 1. The Hall–Kier alpha value is -1.30. The van der Waals surface area contributed by atoms with E-state index in [-0.39, 0.29) is 23.2 Å². The van der Waals surface area contributed by atoms with Gasteiger partial charge < -0.3 is 22.0 Å². The molecule has 0 aromatic rings. The van der Waals surface area contributed by atoms with Crippen LogP contribution in [0.1, 0.15) is 40.0 Å². The Morgan fingerprint density at radius 2 is 2.06 bits per heavy atom. The predicted octanol–water partition coefficient (Wildman–Crippen LogP) is 0.393. The summed E-state index contributed by atoms with van der Waals surface area (Å²) < 4.78 is 0. The topological polar surface area (TPSA) is 114 Å². The summed E-state index contributed by atoms with van der Waals surface area (Å²) in [7, 11) is 0. The van der Waals surface area contributed by atoms with Gasteiger partial charge in [-0.1, -0.05) is 19.0 Å². The van der Waals surface area contributed by atoms with Crippen LogP contribution in [0.5, 0.6) is 0 Å². The van der Waals surface area contributed by atoms with E-state index in [9.17, 15) is 4.79 Å². The molecular formula is C11H24N4O2. The van der Waals surface area contributed by atoms with Crippen LogP contribution in [-0.4, -0.2) is 29.5 Å². The Morgan fingerprint density at radius 1 is 1.47 bits per heavy atom. The van der Waals surface area contributed by atoms with Gasteiger partial charge >= 0.3 is 0 Å². The first-order chi connectivity index (χ1) is 7.79. The van der Waals surface area contributed by atoms with Gasteiger partial charge in [-0.05, 0) is 26.3 Å². The van der Waals surface area contributed by atoms with Crippen molar-refractivity contribution in [1.29, 1.82) is 0 Å². The van der Waals surface area contributed by atoms with Crippen LogP contribution in [0.4, 0.5) is 0 Å². The summed E-state index contributed by atoms with van der Waals surface area (Å²) in [6.45, 7) is 6.54. The lowest BCUT2D eigenvalue weighted by molar-refractivity contribution is -0.118. The Balaban J connectivity index is 3.81. The van der Waals surface area contributed by atoms with Crippen molar-refractivity contribution >= 4 is 11.7 Å². The van der Waals surface area contributed by atoms with Crippen LogP contribution in [0.15, 0.2) is 5.16 Å². The van der Waals surface area contributed by atoms with E-state index in [1.807, 2.05) is 20.8 Å². The molecule has 100 valence electrons. The molecule has 6 heteroatoms. The first kappa shape index (κ1) is 15.7. The highest BCUT2D eigenvalue weighted by Crippen LogP contribution is 2.21. The van der Waals surface area contributed by atoms with Gasteiger partial charge in [0.25, 0.3) is 0 Å². The first-order valence-electron chi connectivity index (χ1n) is 5.79. The number of amidine groups is 1. The standard InChI is InChI=1S/C11H24N4O2/c1-8(7-9(12)16)14-6-4-5-11(2,3)10(13)15-17/h8,14,17H,4-7H2,1-3H3,(H2,12,16)(H2,13,15). The summed E-state index contributed by atoms with van der Waals surface area (Å²) in [6.07, 6.45) is 2.02. The second kappa shape index (κ2) is 7.11. The maximum absolute atomic E-state index is 10.7. The minimum atomic E-state index is -0.316. The van der Waals surface area contributed by atoms with Gasteiger partial charge in [-0.3, -0.25) is 4.79 Å². The number of rotatable bonds is 8. The molecule has 0 saturated carbocycles. The minimum Gasteiger partial charge on any atom is -0.409 e. The number of hydrogen-bond donors (Lipinski definition) is 4. The van der Waals surface area contributed by atoms with Gasteiger partial charge in [0.05, 0.1) is 0 Å². The highest BCUT2D eigenvalue weighted by Gasteiger charge is 2.22. The van der Waals surface area contributed by atoms with Gasteiger partial charge in [0.2, 0.25) is 5.91 Å². The molecule has 0 bridgehead atoms. The molecule has 0 aliphatic heterocycles. The van der Waals surface area contributed by atoms with Crippen molar-refractivity contribution in [3.05, 3.63) is 0 Å². The highest BCUT2D eigenvalue weighted by atomic mass is 16.4. The lowest BCUT2D eigenvalue weighted by atomic mass is 9.86. The average molecular weight is 244 g/mol. The summed E-state index contributed by atoms with van der Waals surface area (Å²) >= 11 is 0. The van der Waals surface area contributed by atoms with E-state index >= 15 is 0 Å². The molecule has 6 N–H and O–H groups in total. The van der Waals surface area contributed by atoms with Gasteiger partial charge in [0, 0.05) is 17.9 Å². The Morgan fingerprint density at radius 3 is 2.53 bits per heavy atom. The zero-order valence-corrected chi connectivity index (χ0v) is 10.9. The van der Waals surface area contributed by atoms with Crippen molar-refractivity contribution in [2.75, 3.05) is 6.54 Å². The second-order valence-corrected chi connectivity index (χ2v) is 5.00. The van der Waals surface area contributed by atoms with Crippen molar-refractivity contribution in [1.82, 2.24) is 5.32 Å². The molecule has 6 nitrogen and oxygen atoms in total. The van der Waals surface area contributed by atoms with Crippen LogP contribution in [-0.2, 0) is 4.79 Å². The third-order valence-electron chi connectivity index (χ3n) is 2.78. The Kier molecular flexibility index (Phi) is 6.57. The maximum Gasteiger partial charge on any atom is 0.218 e. The normalized spacial score (nSPS) is 14.6. The van der Waals surface area contributed by atoms with Crippen molar-refractivity contribution in [3.8, 4) is 0 Å². The monoisotopic (exact) mass is 244 g/mol. The van der Waals surface area contributed by atoms with Crippen LogP contribution in [0, 0.1) is 5.41 Å². The Labute approximate surface area is 102 Å². The zero-order valence-electron chi connectivity index (χ0n) is 10.9. The van der Waals surface area contributed by atoms with Crippen LogP contribution in [0.2, 0.25) is 0 Å². The number of hydrogen-bond acceptors (Lipinski definition) is 4. The molecule has 0 aliphatic rings. The molecule has 0 heterocycles. The third-order valence-corrected chi connectivity index (χ3v) is 2.78. The molecule has 0 saturated heterocycles. The molecule has 1 atom stereocenters. The third kappa shape index (κ3) is 6.78. The van der Waals surface area contributed by atoms with E-state index in [2.05, 4.69) is 10.5 Å². The van der Waals surface area contributed by atoms with Crippen LogP contribution >= 0.6 is 0 Å². The average Bonchev–Trinajstić information content (AvgIpc) is 2.22. The maximum atomic E-state index is 10.7. The Bertz CT molecular complexity index is 277. The number of carbonyl (C=O) groups excluding carboxylic acids is 1. The number of primary amides is 1. The number of nitrogens with one attached hydrogen (secondary N) is 1. The van der Waals surface area contributed by atoms with Gasteiger partial charge in [0.15, 0.2) is 0 Å². The van der Waals surface area contributed by atoms with E-state index in [0.29, 0.717) is 6.42 Å². The van der Waals surface area contributed by atoms with Crippen LogP contribution in [0.25, 0.3) is 0 Å². The molecule has 1 amide bonds. The fourth-order valence-corrected chi connectivity index (χ4v) is 1.52. The summed E-state index contributed by atoms with van der Waals surface area (Å²) in [6, 6.07) is 0.0828. The lowest BCUT2D eigenvalue weighted by Gasteiger charge is -2.23. The quantitative estimate of drug-likeness (QED) is 0.163. The first-order valence-corrected chi connectivity index (χ1v) is 5.79. The van der Waals surface area contributed by atoms with Crippen molar-refractivity contribution in [2.45, 2.75) is 46.1 Å². The van der Waals surface area contributed by atoms with Gasteiger partial charge in [-0.15, -0.1) is 0 Å². The van der Waals surface area contributed by atoms with Crippen molar-refractivity contribution in [3.63, 3.8) is 0 Å². The summed E-state index contributed by atoms with van der Waals surface area (Å²) in [5.41, 5.74) is 10.3. The van der Waals surface area contributed by atoms with E-state index in [0.717, 1.165) is 19.4 Å². The molecule has 0 aromatic heterocycles. The molecule has 0 fully saturated rings. The minimum absolute atomic E-state index is 0.0828. The van der Waals surface area contributed by atoms with E-state index in [1.54, 1.807) is 0 Å². The fourth-order valence-electron chi connectivity index (χ4n) is 1.52. The smallest absolute Gasteiger partial charge is 0.218 e. The highest BCUT2D eigenvalue weighted by molar-refractivity contribution is 5.85. The summed E-state index contributed by atoms with van der Waals surface area (Å²) in [5.74, 6) is -0.0651. The molecule has 1 unspecified atom stereocenters. The van der Waals surface area contributed by atoms with Gasteiger partial charge in [-0.2, -0.15) is 0 Å². The number of amides is 1. The van der Waals surface area contributed by atoms with Crippen molar-refractivity contribution < 1.29 is 10.0 Å². The van der Waals surface area contributed by atoms with E-state index in [1.165, 1.54) is 0 Å². The number of nitrogens with zero attached hydrogens (tertiary/aromatic N) is 1. The zero-order chi connectivity index (χ0) is 13.5. The van der Waals surface area contributed by atoms with Crippen LogP contribution < -0.4 is 16.8 Å². The number of carbonyl (C=O) groups is 1. The molecule has 0 aliphatic carbocycles. The summed E-state index contributed by atoms with van der Waals surface area (Å²) in [5, 5.41) is 14.8. The molecule has 0 radical (unpaired) electrons. The largest absolute Gasteiger partial charge is 0.409 e. The molecular weight excluding hydrogens is 220 g/mol. The van der Waals surface area contributed by atoms with Crippen molar-refractivity contribution in [2.24, 2.45) is 22.0 Å². The van der Waals surface area contributed by atoms with E-state index in [4.69, 9.17) is 16.7 Å². The van der Waals surface area contributed by atoms with Gasteiger partial charge in [0.1, 0.15) is 5.84 Å². The molecule has 0 spiro atoms. The van der Waals surface area contributed by atoms with Crippen LogP contribution in [0.3, 0.4) is 0 Å². The predicted molar refractivity (Wildman–Crippen MR) is 67.7 cm³/mol. The lowest BCUT2D eigenvalue weighted by Crippen LogP contribution is -2.34. The second-order valence-electron chi connectivity index (χ2n) is 5.00. The molecule has 0 rings (SSSR count). The molecule has 17 heavy (non-hydrogen) atoms. The number of nitrogens with two attached hydrogens (primary N) is 2. The summed E-state index contributed by atoms with van der Waals surface area (Å²) in [4.78, 5) is 10.7.